The molecule has 0 radical (unpaired) electrons. The highest BCUT2D eigenvalue weighted by molar-refractivity contribution is 7.18. The first-order valence-corrected chi connectivity index (χ1v) is 4.55. The van der Waals surface area contributed by atoms with Gasteiger partial charge in [-0.05, 0) is 17.7 Å². The van der Waals surface area contributed by atoms with E-state index in [-0.39, 0.29) is 0 Å². The van der Waals surface area contributed by atoms with Crippen molar-refractivity contribution in [2.24, 2.45) is 0 Å². The van der Waals surface area contributed by atoms with E-state index in [2.05, 4.69) is 15.2 Å². The van der Waals surface area contributed by atoms with E-state index in [1.54, 1.807) is 0 Å². The molecule has 2 heterocycles. The van der Waals surface area contributed by atoms with Gasteiger partial charge in [0.15, 0.2) is 5.01 Å². The van der Waals surface area contributed by atoms with Gasteiger partial charge in [0.2, 0.25) is 4.47 Å². The van der Waals surface area contributed by atoms with Gasteiger partial charge in [0.05, 0.1) is 6.20 Å². The Kier molecular flexibility index (Phi) is 2.20. The largest absolute Gasteiger partial charge is 0.261 e. The third-order valence-corrected chi connectivity index (χ3v) is 2.42. The average molecular weight is 216 g/mol. The van der Waals surface area contributed by atoms with Crippen molar-refractivity contribution in [3.8, 4) is 10.6 Å². The zero-order chi connectivity index (χ0) is 9.26. The highest BCUT2D eigenvalue weighted by Crippen LogP contribution is 2.25. The second kappa shape index (κ2) is 3.35. The monoisotopic (exact) mass is 215 g/mol. The van der Waals surface area contributed by atoms with Crippen molar-refractivity contribution in [2.45, 2.75) is 0 Å². The summed E-state index contributed by atoms with van der Waals surface area (Å²) in [7, 11) is 0. The molecule has 0 aromatic carbocycles. The minimum atomic E-state index is -0.399. The van der Waals surface area contributed by atoms with Crippen LogP contribution >= 0.6 is 22.9 Å². The molecule has 0 aliphatic carbocycles. The minimum Gasteiger partial charge on any atom is -0.261 e. The fourth-order valence-electron chi connectivity index (χ4n) is 0.851. The van der Waals surface area contributed by atoms with Gasteiger partial charge in [-0.3, -0.25) is 4.98 Å². The zero-order valence-corrected chi connectivity index (χ0v) is 7.81. The van der Waals surface area contributed by atoms with Gasteiger partial charge in [0.1, 0.15) is 5.82 Å². The molecule has 2 aromatic heterocycles. The summed E-state index contributed by atoms with van der Waals surface area (Å²) >= 11 is 6.77. The lowest BCUT2D eigenvalue weighted by atomic mass is 10.3. The molecule has 0 fully saturated rings. The van der Waals surface area contributed by atoms with Gasteiger partial charge < -0.3 is 0 Å². The van der Waals surface area contributed by atoms with Crippen molar-refractivity contribution in [3.05, 3.63) is 28.7 Å². The molecule has 6 heteroatoms. The van der Waals surface area contributed by atoms with Crippen molar-refractivity contribution in [3.63, 3.8) is 0 Å². The number of hydrogen-bond acceptors (Lipinski definition) is 4. The average Bonchev–Trinajstić information content (AvgIpc) is 2.52. The lowest BCUT2D eigenvalue weighted by Crippen LogP contribution is -1.81. The van der Waals surface area contributed by atoms with Crippen LogP contribution in [0.4, 0.5) is 4.39 Å². The molecule has 3 nitrogen and oxygen atoms in total. The SMILES string of the molecule is Fc1cncc(-c2nnc(Cl)s2)c1. The molecular formula is C7H3ClFN3S. The first-order valence-electron chi connectivity index (χ1n) is 3.35. The second-order valence-corrected chi connectivity index (χ2v) is 3.81. The van der Waals surface area contributed by atoms with Gasteiger partial charge in [-0.25, -0.2) is 4.39 Å². The number of rotatable bonds is 1. The number of aromatic nitrogens is 3. The first-order chi connectivity index (χ1) is 6.25. The van der Waals surface area contributed by atoms with Crippen molar-refractivity contribution < 1.29 is 4.39 Å². The number of nitrogens with zero attached hydrogens (tertiary/aromatic N) is 3. The Morgan fingerprint density at radius 3 is 2.77 bits per heavy atom. The van der Waals surface area contributed by atoms with Crippen LogP contribution in [0.3, 0.4) is 0 Å². The summed E-state index contributed by atoms with van der Waals surface area (Å²) in [5.74, 6) is -0.399. The molecule has 2 rings (SSSR count). The van der Waals surface area contributed by atoms with Crippen LogP contribution in [0.25, 0.3) is 10.6 Å². The Morgan fingerprint density at radius 1 is 1.31 bits per heavy atom. The van der Waals surface area contributed by atoms with Crippen LogP contribution in [-0.2, 0) is 0 Å². The van der Waals surface area contributed by atoms with Gasteiger partial charge in [0.25, 0.3) is 0 Å². The lowest BCUT2D eigenvalue weighted by Gasteiger charge is -1.92. The minimum absolute atomic E-state index is 0.333. The van der Waals surface area contributed by atoms with Gasteiger partial charge in [-0.2, -0.15) is 0 Å². The third kappa shape index (κ3) is 1.81. The van der Waals surface area contributed by atoms with Crippen LogP contribution in [0, 0.1) is 5.82 Å². The van der Waals surface area contributed by atoms with Gasteiger partial charge in [0, 0.05) is 11.8 Å². The fraction of sp³-hybridized carbons (Fsp3) is 0. The Morgan fingerprint density at radius 2 is 2.15 bits per heavy atom. The van der Waals surface area contributed by atoms with Crippen LogP contribution in [0.5, 0.6) is 0 Å². The van der Waals surface area contributed by atoms with E-state index < -0.39 is 5.82 Å². The number of halogens is 2. The summed E-state index contributed by atoms with van der Waals surface area (Å²) < 4.78 is 13.1. The van der Waals surface area contributed by atoms with E-state index in [4.69, 9.17) is 11.6 Å². The van der Waals surface area contributed by atoms with Crippen LogP contribution in [0.1, 0.15) is 0 Å². The standard InChI is InChI=1S/C7H3ClFN3S/c8-7-12-11-6(13-7)4-1-5(9)3-10-2-4/h1-3H. The predicted octanol–water partition coefficient (Wildman–Crippen LogP) is 2.39. The topological polar surface area (TPSA) is 38.7 Å². The molecule has 0 aliphatic rings. The summed E-state index contributed by atoms with van der Waals surface area (Å²) in [5.41, 5.74) is 0.587. The molecule has 13 heavy (non-hydrogen) atoms. The lowest BCUT2D eigenvalue weighted by molar-refractivity contribution is 0.622. The van der Waals surface area contributed by atoms with Crippen molar-refractivity contribution in [2.75, 3.05) is 0 Å². The molecule has 0 saturated heterocycles. The maximum atomic E-state index is 12.7. The van der Waals surface area contributed by atoms with E-state index >= 15 is 0 Å². The van der Waals surface area contributed by atoms with Gasteiger partial charge in [-0.1, -0.05) is 11.3 Å². The van der Waals surface area contributed by atoms with Crippen LogP contribution in [0.15, 0.2) is 18.5 Å². The van der Waals surface area contributed by atoms with Crippen LogP contribution in [-0.4, -0.2) is 15.2 Å². The Hall–Kier alpha value is -1.07. The summed E-state index contributed by atoms with van der Waals surface area (Å²) in [6.07, 6.45) is 2.64. The van der Waals surface area contributed by atoms with E-state index in [0.717, 1.165) is 6.20 Å². The quantitative estimate of drug-likeness (QED) is 0.733. The van der Waals surface area contributed by atoms with Crippen LogP contribution < -0.4 is 0 Å². The van der Waals surface area contributed by atoms with Crippen LogP contribution in [0.2, 0.25) is 4.47 Å². The van der Waals surface area contributed by atoms with Crippen molar-refractivity contribution in [1.82, 2.24) is 15.2 Å². The summed E-state index contributed by atoms with van der Waals surface area (Å²) in [6.45, 7) is 0. The molecule has 0 spiro atoms. The molecule has 0 atom stereocenters. The molecule has 0 aliphatic heterocycles. The fourth-order valence-corrected chi connectivity index (χ4v) is 1.66. The number of pyridine rings is 1. The normalized spacial score (nSPS) is 10.3. The number of hydrogen-bond donors (Lipinski definition) is 0. The molecule has 2 aromatic rings. The summed E-state index contributed by atoms with van der Waals surface area (Å²) in [6, 6.07) is 1.34. The summed E-state index contributed by atoms with van der Waals surface area (Å²) in [5, 5.41) is 7.93. The predicted molar refractivity (Wildman–Crippen MR) is 48.1 cm³/mol. The molecule has 0 amide bonds. The van der Waals surface area contributed by atoms with Gasteiger partial charge >= 0.3 is 0 Å². The first kappa shape index (κ1) is 8.52. The Labute approximate surface area is 82.2 Å². The second-order valence-electron chi connectivity index (χ2n) is 2.25. The Bertz CT molecular complexity index is 431. The Balaban J connectivity index is 2.46. The molecule has 0 saturated carbocycles. The highest BCUT2D eigenvalue weighted by Gasteiger charge is 2.05. The molecule has 66 valence electrons. The van der Waals surface area contributed by atoms with E-state index in [0.29, 0.717) is 15.0 Å². The highest BCUT2D eigenvalue weighted by atomic mass is 35.5. The maximum Gasteiger partial charge on any atom is 0.207 e. The molecule has 0 bridgehead atoms. The van der Waals surface area contributed by atoms with Crippen molar-refractivity contribution >= 4 is 22.9 Å². The summed E-state index contributed by atoms with van der Waals surface area (Å²) in [4.78, 5) is 3.69. The molecule has 0 N–H and O–H groups in total. The van der Waals surface area contributed by atoms with E-state index in [9.17, 15) is 4.39 Å². The van der Waals surface area contributed by atoms with E-state index in [1.807, 2.05) is 0 Å². The van der Waals surface area contributed by atoms with Gasteiger partial charge in [-0.15, -0.1) is 10.2 Å². The van der Waals surface area contributed by atoms with Crippen molar-refractivity contribution in [1.29, 1.82) is 0 Å². The third-order valence-electron chi connectivity index (χ3n) is 1.35. The molecular weight excluding hydrogens is 213 g/mol. The maximum absolute atomic E-state index is 12.7. The zero-order valence-electron chi connectivity index (χ0n) is 6.24. The smallest absolute Gasteiger partial charge is 0.207 e. The van der Waals surface area contributed by atoms with E-state index in [1.165, 1.54) is 23.6 Å². The molecule has 0 unspecified atom stereocenters.